The first-order valence-electron chi connectivity index (χ1n) is 7.00. The van der Waals surface area contributed by atoms with Crippen molar-refractivity contribution >= 4 is 17.5 Å². The highest BCUT2D eigenvalue weighted by atomic mass is 16.5. The third-order valence-corrected chi connectivity index (χ3v) is 3.87. The van der Waals surface area contributed by atoms with Crippen LogP contribution in [0.15, 0.2) is 24.3 Å². The standard InChI is InChI=1S/C15H23N3O2/c1-11-9-14(7-8-18(11)2)16-12-5-4-6-13(10-12)17-15(19)20-3/h4-6,10-11,14,16H,7-9H2,1-3H3,(H,17,19). The highest BCUT2D eigenvalue weighted by molar-refractivity contribution is 5.85. The number of carbonyl (C=O) groups excluding carboxylic acids is 1. The van der Waals surface area contributed by atoms with Gasteiger partial charge in [-0.3, -0.25) is 5.32 Å². The van der Waals surface area contributed by atoms with Crippen LogP contribution in [0.25, 0.3) is 0 Å². The first-order valence-corrected chi connectivity index (χ1v) is 7.00. The number of carbonyl (C=O) groups is 1. The van der Waals surface area contributed by atoms with Crippen molar-refractivity contribution < 1.29 is 9.53 Å². The SMILES string of the molecule is COC(=O)Nc1cccc(NC2CCN(C)C(C)C2)c1. The van der Waals surface area contributed by atoms with Crippen molar-refractivity contribution in [3.8, 4) is 0 Å². The number of ether oxygens (including phenoxy) is 1. The topological polar surface area (TPSA) is 53.6 Å². The Morgan fingerprint density at radius 1 is 1.40 bits per heavy atom. The van der Waals surface area contributed by atoms with Gasteiger partial charge in [0.05, 0.1) is 7.11 Å². The van der Waals surface area contributed by atoms with Crippen molar-refractivity contribution in [1.29, 1.82) is 0 Å². The molecule has 2 N–H and O–H groups in total. The maximum Gasteiger partial charge on any atom is 0.411 e. The van der Waals surface area contributed by atoms with E-state index in [1.54, 1.807) is 0 Å². The average molecular weight is 277 g/mol. The summed E-state index contributed by atoms with van der Waals surface area (Å²) in [5.41, 5.74) is 1.77. The van der Waals surface area contributed by atoms with Gasteiger partial charge in [-0.05, 0) is 45.0 Å². The Hall–Kier alpha value is -1.75. The van der Waals surface area contributed by atoms with Crippen molar-refractivity contribution in [2.45, 2.75) is 31.8 Å². The van der Waals surface area contributed by atoms with Gasteiger partial charge in [0.2, 0.25) is 0 Å². The van der Waals surface area contributed by atoms with Crippen molar-refractivity contribution in [3.63, 3.8) is 0 Å². The molecule has 2 atom stereocenters. The van der Waals surface area contributed by atoms with E-state index in [-0.39, 0.29) is 0 Å². The molecule has 1 amide bonds. The zero-order valence-electron chi connectivity index (χ0n) is 12.3. The number of piperidine rings is 1. The molecular formula is C15H23N3O2. The first kappa shape index (κ1) is 14.7. The predicted octanol–water partition coefficient (Wildman–Crippen LogP) is 2.76. The molecule has 0 spiro atoms. The van der Waals surface area contributed by atoms with Crippen LogP contribution in [0.4, 0.5) is 16.2 Å². The summed E-state index contributed by atoms with van der Waals surface area (Å²) in [6.45, 7) is 3.36. The molecule has 20 heavy (non-hydrogen) atoms. The normalized spacial score (nSPS) is 23.1. The van der Waals surface area contributed by atoms with Gasteiger partial charge in [-0.1, -0.05) is 6.07 Å². The van der Waals surface area contributed by atoms with E-state index in [4.69, 9.17) is 0 Å². The summed E-state index contributed by atoms with van der Waals surface area (Å²) in [5.74, 6) is 0. The van der Waals surface area contributed by atoms with Crippen LogP contribution in [0.5, 0.6) is 0 Å². The zero-order valence-corrected chi connectivity index (χ0v) is 12.3. The van der Waals surface area contributed by atoms with Crippen LogP contribution in [0.3, 0.4) is 0 Å². The number of rotatable bonds is 3. The molecule has 5 heteroatoms. The van der Waals surface area contributed by atoms with E-state index < -0.39 is 6.09 Å². The molecule has 1 aliphatic heterocycles. The van der Waals surface area contributed by atoms with Crippen molar-refractivity contribution in [3.05, 3.63) is 24.3 Å². The number of hydrogen-bond acceptors (Lipinski definition) is 4. The molecule has 2 unspecified atom stereocenters. The fraction of sp³-hybridized carbons (Fsp3) is 0.533. The Labute approximate surface area is 120 Å². The molecule has 0 radical (unpaired) electrons. The second-order valence-electron chi connectivity index (χ2n) is 5.39. The van der Waals surface area contributed by atoms with Gasteiger partial charge < -0.3 is 15.0 Å². The van der Waals surface area contributed by atoms with Crippen molar-refractivity contribution in [1.82, 2.24) is 4.90 Å². The van der Waals surface area contributed by atoms with E-state index in [0.717, 1.165) is 30.8 Å². The minimum Gasteiger partial charge on any atom is -0.453 e. The number of benzene rings is 1. The van der Waals surface area contributed by atoms with Crippen molar-refractivity contribution in [2.24, 2.45) is 0 Å². The lowest BCUT2D eigenvalue weighted by atomic mass is 9.98. The quantitative estimate of drug-likeness (QED) is 0.892. The van der Waals surface area contributed by atoms with Gasteiger partial charge in [0, 0.05) is 30.0 Å². The van der Waals surface area contributed by atoms with Gasteiger partial charge in [0.15, 0.2) is 0 Å². The van der Waals surface area contributed by atoms with Crippen molar-refractivity contribution in [2.75, 3.05) is 31.3 Å². The fourth-order valence-corrected chi connectivity index (χ4v) is 2.51. The van der Waals surface area contributed by atoms with E-state index in [1.165, 1.54) is 7.11 Å². The molecule has 1 saturated heterocycles. The highest BCUT2D eigenvalue weighted by Crippen LogP contribution is 2.22. The van der Waals surface area contributed by atoms with E-state index in [9.17, 15) is 4.79 Å². The van der Waals surface area contributed by atoms with Gasteiger partial charge in [-0.2, -0.15) is 0 Å². The number of nitrogens with one attached hydrogen (secondary N) is 2. The van der Waals surface area contributed by atoms with E-state index >= 15 is 0 Å². The van der Waals surface area contributed by atoms with Crippen LogP contribution in [0.1, 0.15) is 19.8 Å². The third kappa shape index (κ3) is 3.87. The number of amides is 1. The number of hydrogen-bond donors (Lipinski definition) is 2. The molecule has 0 bridgehead atoms. The number of methoxy groups -OCH3 is 1. The Balaban J connectivity index is 1.96. The van der Waals surface area contributed by atoms with E-state index in [2.05, 4.69) is 34.2 Å². The second-order valence-corrected chi connectivity index (χ2v) is 5.39. The molecule has 5 nitrogen and oxygen atoms in total. The van der Waals surface area contributed by atoms with Gasteiger partial charge in [0.1, 0.15) is 0 Å². The molecular weight excluding hydrogens is 254 g/mol. The van der Waals surface area contributed by atoms with Crippen LogP contribution >= 0.6 is 0 Å². The van der Waals surface area contributed by atoms with Crippen LogP contribution in [0, 0.1) is 0 Å². The Morgan fingerprint density at radius 3 is 2.85 bits per heavy atom. The lowest BCUT2D eigenvalue weighted by molar-refractivity contribution is 0.187. The molecule has 0 aliphatic carbocycles. The third-order valence-electron chi connectivity index (χ3n) is 3.87. The second kappa shape index (κ2) is 6.61. The molecule has 1 aromatic rings. The van der Waals surface area contributed by atoms with Crippen LogP contribution in [-0.2, 0) is 4.74 Å². The van der Waals surface area contributed by atoms with Gasteiger partial charge in [0.25, 0.3) is 0 Å². The smallest absolute Gasteiger partial charge is 0.411 e. The number of anilines is 2. The molecule has 1 fully saturated rings. The molecule has 1 aromatic carbocycles. The Kier molecular flexibility index (Phi) is 4.84. The predicted molar refractivity (Wildman–Crippen MR) is 81.2 cm³/mol. The molecule has 1 aliphatic rings. The summed E-state index contributed by atoms with van der Waals surface area (Å²) in [5, 5.41) is 6.22. The monoisotopic (exact) mass is 277 g/mol. The van der Waals surface area contributed by atoms with Gasteiger partial charge in [-0.25, -0.2) is 4.79 Å². The summed E-state index contributed by atoms with van der Waals surface area (Å²) >= 11 is 0. The van der Waals surface area contributed by atoms with Gasteiger partial charge in [-0.15, -0.1) is 0 Å². The average Bonchev–Trinajstić information content (AvgIpc) is 2.43. The molecule has 110 valence electrons. The number of likely N-dealkylation sites (tertiary alicyclic amines) is 1. The fourth-order valence-electron chi connectivity index (χ4n) is 2.51. The Morgan fingerprint density at radius 2 is 2.15 bits per heavy atom. The minimum atomic E-state index is -0.449. The lowest BCUT2D eigenvalue weighted by Gasteiger charge is -2.35. The molecule has 0 saturated carbocycles. The van der Waals surface area contributed by atoms with Crippen LogP contribution in [-0.4, -0.2) is 43.8 Å². The Bertz CT molecular complexity index is 464. The summed E-state index contributed by atoms with van der Waals surface area (Å²) < 4.78 is 4.59. The maximum atomic E-state index is 11.2. The lowest BCUT2D eigenvalue weighted by Crippen LogP contribution is -2.42. The number of nitrogens with zero attached hydrogens (tertiary/aromatic N) is 1. The highest BCUT2D eigenvalue weighted by Gasteiger charge is 2.22. The summed E-state index contributed by atoms with van der Waals surface area (Å²) in [4.78, 5) is 13.6. The minimum absolute atomic E-state index is 0.449. The first-order chi connectivity index (χ1) is 9.58. The van der Waals surface area contributed by atoms with Gasteiger partial charge >= 0.3 is 6.09 Å². The zero-order chi connectivity index (χ0) is 14.5. The molecule has 0 aromatic heterocycles. The summed E-state index contributed by atoms with van der Waals surface area (Å²) in [6, 6.07) is 8.80. The largest absolute Gasteiger partial charge is 0.453 e. The van der Waals surface area contributed by atoms with Crippen LogP contribution < -0.4 is 10.6 Å². The van der Waals surface area contributed by atoms with Crippen LogP contribution in [0.2, 0.25) is 0 Å². The summed E-state index contributed by atoms with van der Waals surface area (Å²) in [6.07, 6.45) is 1.82. The molecule has 1 heterocycles. The van der Waals surface area contributed by atoms with E-state index in [0.29, 0.717) is 12.1 Å². The summed E-state index contributed by atoms with van der Waals surface area (Å²) in [7, 11) is 3.53. The maximum absolute atomic E-state index is 11.2. The van der Waals surface area contributed by atoms with E-state index in [1.807, 2.05) is 24.3 Å². The molecule has 2 rings (SSSR count).